The lowest BCUT2D eigenvalue weighted by Crippen LogP contribution is -2.43. The fourth-order valence-electron chi connectivity index (χ4n) is 2.58. The van der Waals surface area contributed by atoms with Gasteiger partial charge in [0, 0.05) is 18.3 Å². The Morgan fingerprint density at radius 2 is 2.00 bits per heavy atom. The zero-order valence-corrected chi connectivity index (χ0v) is 12.9. The van der Waals surface area contributed by atoms with Gasteiger partial charge in [0.25, 0.3) is 0 Å². The van der Waals surface area contributed by atoms with Gasteiger partial charge in [-0.3, -0.25) is 14.5 Å². The molecule has 2 amide bonds. The zero-order chi connectivity index (χ0) is 15.4. The van der Waals surface area contributed by atoms with Crippen molar-refractivity contribution in [2.45, 2.75) is 26.3 Å². The molecular formula is C16H23N3O2. The fraction of sp³-hybridized carbons (Fsp3) is 0.500. The minimum atomic E-state index is -0.0536. The van der Waals surface area contributed by atoms with Crippen molar-refractivity contribution in [1.82, 2.24) is 10.2 Å². The van der Waals surface area contributed by atoms with Gasteiger partial charge < -0.3 is 10.2 Å². The highest BCUT2D eigenvalue weighted by Gasteiger charge is 2.25. The van der Waals surface area contributed by atoms with E-state index in [2.05, 4.69) is 11.4 Å². The number of fused-ring (bicyclic) bond motifs is 1. The van der Waals surface area contributed by atoms with E-state index in [0.717, 1.165) is 18.7 Å². The second-order valence-corrected chi connectivity index (χ2v) is 5.82. The SMILES string of the molecule is CC(C)NC(=O)CN(C)CC(=O)N1CCc2ccccc21. The summed E-state index contributed by atoms with van der Waals surface area (Å²) in [5, 5.41) is 2.83. The molecule has 0 aliphatic carbocycles. The van der Waals surface area contributed by atoms with E-state index in [1.807, 2.05) is 36.9 Å². The molecule has 1 aromatic carbocycles. The minimum absolute atomic E-state index is 0.0415. The predicted octanol–water partition coefficient (Wildman–Crippen LogP) is 1.03. The highest BCUT2D eigenvalue weighted by Crippen LogP contribution is 2.27. The summed E-state index contributed by atoms with van der Waals surface area (Å²) in [6.45, 7) is 5.05. The molecule has 0 unspecified atom stereocenters. The van der Waals surface area contributed by atoms with Crippen LogP contribution in [0.3, 0.4) is 0 Å². The average molecular weight is 289 g/mol. The molecule has 0 spiro atoms. The van der Waals surface area contributed by atoms with Gasteiger partial charge in [-0.1, -0.05) is 18.2 Å². The second-order valence-electron chi connectivity index (χ2n) is 5.82. The van der Waals surface area contributed by atoms with Crippen molar-refractivity contribution in [3.8, 4) is 0 Å². The largest absolute Gasteiger partial charge is 0.353 e. The van der Waals surface area contributed by atoms with Gasteiger partial charge in [0.05, 0.1) is 13.1 Å². The van der Waals surface area contributed by atoms with Gasteiger partial charge >= 0.3 is 0 Å². The molecule has 0 bridgehead atoms. The molecule has 1 aliphatic rings. The van der Waals surface area contributed by atoms with E-state index in [4.69, 9.17) is 0 Å². The lowest BCUT2D eigenvalue weighted by Gasteiger charge is -2.22. The summed E-state index contributed by atoms with van der Waals surface area (Å²) in [5.74, 6) is -0.0121. The Hall–Kier alpha value is -1.88. The summed E-state index contributed by atoms with van der Waals surface area (Å²) < 4.78 is 0. The number of hydrogen-bond acceptors (Lipinski definition) is 3. The van der Waals surface area contributed by atoms with E-state index in [0.29, 0.717) is 0 Å². The number of para-hydroxylation sites is 1. The Balaban J connectivity index is 1.89. The van der Waals surface area contributed by atoms with Crippen molar-refractivity contribution in [3.05, 3.63) is 29.8 Å². The number of hydrogen-bond donors (Lipinski definition) is 1. The van der Waals surface area contributed by atoms with E-state index in [1.165, 1.54) is 5.56 Å². The van der Waals surface area contributed by atoms with Crippen molar-refractivity contribution in [2.24, 2.45) is 0 Å². The Morgan fingerprint density at radius 1 is 1.29 bits per heavy atom. The number of benzene rings is 1. The van der Waals surface area contributed by atoms with Crippen molar-refractivity contribution in [3.63, 3.8) is 0 Å². The number of carbonyl (C=O) groups excluding carboxylic acids is 2. The monoisotopic (exact) mass is 289 g/mol. The fourth-order valence-corrected chi connectivity index (χ4v) is 2.58. The first-order chi connectivity index (χ1) is 9.97. The van der Waals surface area contributed by atoms with Crippen LogP contribution in [-0.4, -0.2) is 49.4 Å². The molecule has 1 heterocycles. The molecule has 1 aromatic rings. The van der Waals surface area contributed by atoms with Crippen LogP contribution in [0.2, 0.25) is 0 Å². The van der Waals surface area contributed by atoms with E-state index in [-0.39, 0.29) is 30.9 Å². The van der Waals surface area contributed by atoms with Gasteiger partial charge in [0.1, 0.15) is 0 Å². The van der Waals surface area contributed by atoms with E-state index in [1.54, 1.807) is 11.9 Å². The summed E-state index contributed by atoms with van der Waals surface area (Å²) >= 11 is 0. The minimum Gasteiger partial charge on any atom is -0.353 e. The van der Waals surface area contributed by atoms with Crippen LogP contribution in [0.25, 0.3) is 0 Å². The highest BCUT2D eigenvalue weighted by atomic mass is 16.2. The molecule has 2 rings (SSSR count). The van der Waals surface area contributed by atoms with Crippen LogP contribution in [0.4, 0.5) is 5.69 Å². The highest BCUT2D eigenvalue weighted by molar-refractivity contribution is 5.97. The van der Waals surface area contributed by atoms with Crippen molar-refractivity contribution >= 4 is 17.5 Å². The third-order valence-electron chi connectivity index (χ3n) is 3.46. The van der Waals surface area contributed by atoms with Crippen LogP contribution in [0.5, 0.6) is 0 Å². The van der Waals surface area contributed by atoms with Crippen LogP contribution >= 0.6 is 0 Å². The third-order valence-corrected chi connectivity index (χ3v) is 3.46. The molecule has 1 aliphatic heterocycles. The summed E-state index contributed by atoms with van der Waals surface area (Å²) in [6.07, 6.45) is 0.902. The molecule has 114 valence electrons. The van der Waals surface area contributed by atoms with E-state index in [9.17, 15) is 9.59 Å². The Labute approximate surface area is 125 Å². The number of carbonyl (C=O) groups is 2. The number of rotatable bonds is 5. The van der Waals surface area contributed by atoms with Crippen molar-refractivity contribution < 1.29 is 9.59 Å². The van der Waals surface area contributed by atoms with Gasteiger partial charge in [-0.25, -0.2) is 0 Å². The number of likely N-dealkylation sites (N-methyl/N-ethyl adjacent to an activating group) is 1. The Kier molecular flexibility index (Phi) is 4.96. The summed E-state index contributed by atoms with van der Waals surface area (Å²) in [4.78, 5) is 27.6. The first-order valence-electron chi connectivity index (χ1n) is 7.33. The Morgan fingerprint density at radius 3 is 2.71 bits per heavy atom. The zero-order valence-electron chi connectivity index (χ0n) is 12.9. The molecule has 0 radical (unpaired) electrons. The number of nitrogens with zero attached hydrogens (tertiary/aromatic N) is 2. The van der Waals surface area contributed by atoms with Crippen LogP contribution < -0.4 is 10.2 Å². The normalized spacial score (nSPS) is 13.7. The molecule has 0 aromatic heterocycles. The van der Waals surface area contributed by atoms with Crippen molar-refractivity contribution in [2.75, 3.05) is 31.6 Å². The van der Waals surface area contributed by atoms with Gasteiger partial charge in [-0.15, -0.1) is 0 Å². The number of amides is 2. The number of anilines is 1. The van der Waals surface area contributed by atoms with Crippen LogP contribution in [-0.2, 0) is 16.0 Å². The van der Waals surface area contributed by atoms with Gasteiger partial charge in [0.15, 0.2) is 0 Å². The first kappa shape index (κ1) is 15.5. The maximum atomic E-state index is 12.4. The summed E-state index contributed by atoms with van der Waals surface area (Å²) in [6, 6.07) is 8.10. The van der Waals surface area contributed by atoms with Crippen LogP contribution in [0, 0.1) is 0 Å². The first-order valence-corrected chi connectivity index (χ1v) is 7.33. The predicted molar refractivity (Wildman–Crippen MR) is 83.3 cm³/mol. The Bertz CT molecular complexity index is 528. The maximum absolute atomic E-state index is 12.4. The van der Waals surface area contributed by atoms with Crippen LogP contribution in [0.1, 0.15) is 19.4 Å². The quantitative estimate of drug-likeness (QED) is 0.881. The van der Waals surface area contributed by atoms with Gasteiger partial charge in [-0.2, -0.15) is 0 Å². The molecule has 0 fully saturated rings. The molecule has 0 saturated carbocycles. The van der Waals surface area contributed by atoms with Gasteiger partial charge in [0.2, 0.25) is 11.8 Å². The lowest BCUT2D eigenvalue weighted by atomic mass is 10.2. The van der Waals surface area contributed by atoms with Crippen LogP contribution in [0.15, 0.2) is 24.3 Å². The maximum Gasteiger partial charge on any atom is 0.241 e. The molecule has 5 nitrogen and oxygen atoms in total. The van der Waals surface area contributed by atoms with E-state index >= 15 is 0 Å². The smallest absolute Gasteiger partial charge is 0.241 e. The average Bonchev–Trinajstić information content (AvgIpc) is 2.80. The van der Waals surface area contributed by atoms with E-state index < -0.39 is 0 Å². The molecule has 0 saturated heterocycles. The van der Waals surface area contributed by atoms with Crippen molar-refractivity contribution in [1.29, 1.82) is 0 Å². The lowest BCUT2D eigenvalue weighted by molar-refractivity contribution is -0.123. The van der Waals surface area contributed by atoms with Gasteiger partial charge in [-0.05, 0) is 38.9 Å². The molecular weight excluding hydrogens is 266 g/mol. The third kappa shape index (κ3) is 4.04. The molecule has 21 heavy (non-hydrogen) atoms. The second kappa shape index (κ2) is 6.72. The molecule has 5 heteroatoms. The molecule has 1 N–H and O–H groups in total. The number of nitrogens with one attached hydrogen (secondary N) is 1. The topological polar surface area (TPSA) is 52.7 Å². The molecule has 0 atom stereocenters. The summed E-state index contributed by atoms with van der Waals surface area (Å²) in [5.41, 5.74) is 2.22. The summed E-state index contributed by atoms with van der Waals surface area (Å²) in [7, 11) is 1.79. The standard InChI is InChI=1S/C16H23N3O2/c1-12(2)17-15(20)10-18(3)11-16(21)19-9-8-13-6-4-5-7-14(13)19/h4-7,12H,8-11H2,1-3H3,(H,17,20).